The molecule has 0 spiro atoms. The van der Waals surface area contributed by atoms with Crippen LogP contribution < -0.4 is 21.6 Å². The lowest BCUT2D eigenvalue weighted by Gasteiger charge is -2.42. The second kappa shape index (κ2) is 13.4. The van der Waals surface area contributed by atoms with E-state index >= 15 is 0 Å². The van der Waals surface area contributed by atoms with E-state index in [1.807, 2.05) is 50.2 Å². The highest BCUT2D eigenvalue weighted by molar-refractivity contribution is 6.36. The Labute approximate surface area is 290 Å². The van der Waals surface area contributed by atoms with Gasteiger partial charge in [-0.3, -0.25) is 14.9 Å². The fourth-order valence-corrected chi connectivity index (χ4v) is 6.85. The highest BCUT2D eigenvalue weighted by atomic mass is 35.5. The van der Waals surface area contributed by atoms with Crippen LogP contribution in [0.5, 0.6) is 0 Å². The molecule has 4 aromatic rings. The van der Waals surface area contributed by atoms with Crippen molar-refractivity contribution in [1.82, 2.24) is 30.8 Å². The molecule has 0 bridgehead atoms. The van der Waals surface area contributed by atoms with Crippen molar-refractivity contribution in [1.29, 1.82) is 5.26 Å². The van der Waals surface area contributed by atoms with Gasteiger partial charge in [0.25, 0.3) is 0 Å². The van der Waals surface area contributed by atoms with Gasteiger partial charge in [-0.25, -0.2) is 4.98 Å². The van der Waals surface area contributed by atoms with E-state index in [9.17, 15) is 5.26 Å². The number of aromatic nitrogens is 2. The number of nitriles is 1. The summed E-state index contributed by atoms with van der Waals surface area (Å²) in [5.41, 5.74) is 13.6. The van der Waals surface area contributed by atoms with Crippen molar-refractivity contribution in [2.75, 3.05) is 23.7 Å². The molecule has 6 rings (SSSR count). The van der Waals surface area contributed by atoms with Gasteiger partial charge in [0.05, 0.1) is 33.5 Å². The van der Waals surface area contributed by atoms with Crippen LogP contribution in [-0.4, -0.2) is 44.5 Å². The van der Waals surface area contributed by atoms with E-state index in [1.54, 1.807) is 6.07 Å². The SMILES string of the molecule is Cc1ccc(Nc2c(C#N)cnc3c(Cl)cc(N[C@H](C4=CN(C5CCN(C(C)(C)C)CC5)NN4)c4ccc(Cl)nc4C)cc23)cc1Cl. The average molecular weight is 691 g/mol. The largest absolute Gasteiger partial charge is 0.373 e. The van der Waals surface area contributed by atoms with E-state index in [0.717, 1.165) is 59.8 Å². The lowest BCUT2D eigenvalue weighted by atomic mass is 9.97. The van der Waals surface area contributed by atoms with Crippen LogP contribution >= 0.6 is 34.8 Å². The van der Waals surface area contributed by atoms with Gasteiger partial charge in [0, 0.05) is 70.1 Å². The molecule has 244 valence electrons. The Morgan fingerprint density at radius 3 is 2.43 bits per heavy atom. The van der Waals surface area contributed by atoms with Crippen molar-refractivity contribution >= 4 is 62.8 Å². The molecule has 4 heterocycles. The number of anilines is 3. The number of benzene rings is 2. The van der Waals surface area contributed by atoms with Gasteiger partial charge < -0.3 is 16.1 Å². The minimum atomic E-state index is -0.333. The van der Waals surface area contributed by atoms with Gasteiger partial charge in [-0.2, -0.15) is 5.26 Å². The zero-order valence-electron chi connectivity index (χ0n) is 27.0. The number of nitrogens with zero attached hydrogens (tertiary/aromatic N) is 5. The molecule has 1 fully saturated rings. The number of hydrazine groups is 2. The van der Waals surface area contributed by atoms with Crippen LogP contribution in [0.4, 0.5) is 17.1 Å². The number of aryl methyl sites for hydroxylation is 2. The minimum absolute atomic E-state index is 0.157. The van der Waals surface area contributed by atoms with Crippen LogP contribution in [0, 0.1) is 25.2 Å². The third kappa shape index (κ3) is 7.08. The third-order valence-electron chi connectivity index (χ3n) is 8.93. The topological polar surface area (TPSA) is 104 Å². The summed E-state index contributed by atoms with van der Waals surface area (Å²) in [6.07, 6.45) is 5.76. The zero-order valence-corrected chi connectivity index (χ0v) is 29.3. The van der Waals surface area contributed by atoms with E-state index in [2.05, 4.69) is 74.5 Å². The normalized spacial score (nSPS) is 16.5. The first-order valence-electron chi connectivity index (χ1n) is 15.6. The molecular weight excluding hydrogens is 653 g/mol. The first-order valence-corrected chi connectivity index (χ1v) is 16.8. The first-order chi connectivity index (χ1) is 22.4. The summed E-state index contributed by atoms with van der Waals surface area (Å²) in [5.74, 6) is 0. The van der Waals surface area contributed by atoms with Crippen molar-refractivity contribution in [3.63, 3.8) is 0 Å². The summed E-state index contributed by atoms with van der Waals surface area (Å²) < 4.78 is 0. The fraction of sp³-hybridized carbons (Fsp3) is 0.343. The maximum atomic E-state index is 10.0. The minimum Gasteiger partial charge on any atom is -0.373 e. The summed E-state index contributed by atoms with van der Waals surface area (Å²) in [5, 5.41) is 21.5. The quantitative estimate of drug-likeness (QED) is 0.142. The Morgan fingerprint density at radius 1 is 1.00 bits per heavy atom. The Bertz CT molecular complexity index is 1890. The van der Waals surface area contributed by atoms with Crippen molar-refractivity contribution in [3.05, 3.63) is 98.1 Å². The molecule has 2 aliphatic rings. The summed E-state index contributed by atoms with van der Waals surface area (Å²) in [7, 11) is 0. The van der Waals surface area contributed by atoms with Crippen LogP contribution in [0.25, 0.3) is 10.9 Å². The molecule has 47 heavy (non-hydrogen) atoms. The molecular formula is C35H38Cl3N9. The van der Waals surface area contributed by atoms with Crippen LogP contribution in [0.2, 0.25) is 15.2 Å². The van der Waals surface area contributed by atoms with Crippen molar-refractivity contribution in [2.24, 2.45) is 0 Å². The Hall–Kier alpha value is -3.78. The molecule has 1 atom stereocenters. The molecule has 2 aromatic heterocycles. The van der Waals surface area contributed by atoms with E-state index in [-0.39, 0.29) is 11.6 Å². The Kier molecular flexibility index (Phi) is 9.43. The number of piperidine rings is 1. The lowest BCUT2D eigenvalue weighted by molar-refractivity contribution is 0.0570. The number of halogens is 3. The smallest absolute Gasteiger partial charge is 0.129 e. The summed E-state index contributed by atoms with van der Waals surface area (Å²) in [6, 6.07) is 15.6. The number of rotatable bonds is 7. The second-order valence-corrected chi connectivity index (χ2v) is 14.3. The van der Waals surface area contributed by atoms with Crippen molar-refractivity contribution < 1.29 is 0 Å². The third-order valence-corrected chi connectivity index (χ3v) is 9.83. The molecule has 2 aromatic carbocycles. The van der Waals surface area contributed by atoms with Crippen LogP contribution in [0.1, 0.15) is 62.0 Å². The number of fused-ring (bicyclic) bond motifs is 1. The molecule has 9 nitrogen and oxygen atoms in total. The van der Waals surface area contributed by atoms with Crippen molar-refractivity contribution in [2.45, 2.75) is 65.1 Å². The fourth-order valence-electron chi connectivity index (χ4n) is 6.22. The molecule has 0 saturated carbocycles. The highest BCUT2D eigenvalue weighted by Gasteiger charge is 2.32. The van der Waals surface area contributed by atoms with Gasteiger partial charge >= 0.3 is 0 Å². The van der Waals surface area contributed by atoms with Gasteiger partial charge in [-0.05, 0) is 83.4 Å². The van der Waals surface area contributed by atoms with Gasteiger partial charge in [-0.1, -0.05) is 46.9 Å². The van der Waals surface area contributed by atoms with E-state index in [1.165, 1.54) is 6.20 Å². The molecule has 0 amide bonds. The Morgan fingerprint density at radius 2 is 1.74 bits per heavy atom. The zero-order chi connectivity index (χ0) is 33.5. The predicted molar refractivity (Wildman–Crippen MR) is 192 cm³/mol. The van der Waals surface area contributed by atoms with Crippen LogP contribution in [0.3, 0.4) is 0 Å². The monoisotopic (exact) mass is 689 g/mol. The van der Waals surface area contributed by atoms with E-state index in [0.29, 0.717) is 43.4 Å². The average Bonchev–Trinajstić information content (AvgIpc) is 3.52. The maximum absolute atomic E-state index is 10.0. The Balaban J connectivity index is 1.36. The molecule has 4 N–H and O–H groups in total. The summed E-state index contributed by atoms with van der Waals surface area (Å²) >= 11 is 19.6. The van der Waals surface area contributed by atoms with Gasteiger partial charge in [0.15, 0.2) is 0 Å². The number of pyridine rings is 2. The van der Waals surface area contributed by atoms with E-state index in [4.69, 9.17) is 34.8 Å². The first kappa shape index (κ1) is 33.1. The van der Waals surface area contributed by atoms with Crippen LogP contribution in [0.15, 0.2) is 60.6 Å². The van der Waals surface area contributed by atoms with Gasteiger partial charge in [0.1, 0.15) is 11.2 Å². The van der Waals surface area contributed by atoms with E-state index < -0.39 is 0 Å². The molecule has 2 aliphatic heterocycles. The molecule has 1 saturated heterocycles. The van der Waals surface area contributed by atoms with Gasteiger partial charge in [0.2, 0.25) is 0 Å². The summed E-state index contributed by atoms with van der Waals surface area (Å²) in [6.45, 7) is 12.8. The van der Waals surface area contributed by atoms with Gasteiger partial charge in [-0.15, -0.1) is 5.53 Å². The maximum Gasteiger partial charge on any atom is 0.129 e. The molecule has 0 unspecified atom stereocenters. The van der Waals surface area contributed by atoms with Crippen molar-refractivity contribution in [3.8, 4) is 6.07 Å². The number of hydrogen-bond donors (Lipinski definition) is 4. The summed E-state index contributed by atoms with van der Waals surface area (Å²) in [4.78, 5) is 11.6. The standard InChI is InChI=1S/C35H38Cl3N9/c1-20-6-7-23(15-28(20)36)42-32-22(17-39)18-40-33-27(32)14-24(16-29(33)37)43-34(26-8-9-31(38)41-21(26)2)30-19-47(45-44-30)25-10-12-46(13-11-25)35(3,4)5/h6-9,14-16,18-19,25,34,43-45H,10-13H2,1-5H3,(H,40,42)/t34-/m0/s1. The molecule has 12 heteroatoms. The highest BCUT2D eigenvalue weighted by Crippen LogP contribution is 2.38. The number of nitrogens with one attached hydrogen (secondary N) is 4. The number of hydrogen-bond acceptors (Lipinski definition) is 9. The predicted octanol–water partition coefficient (Wildman–Crippen LogP) is 8.40. The second-order valence-electron chi connectivity index (χ2n) is 13.1. The lowest BCUT2D eigenvalue weighted by Crippen LogP contribution is -2.52. The van der Waals surface area contributed by atoms with Crippen LogP contribution in [-0.2, 0) is 0 Å². The number of likely N-dealkylation sites (tertiary alicyclic amines) is 1. The molecule has 0 aliphatic carbocycles. The molecule has 0 radical (unpaired) electrons.